The van der Waals surface area contributed by atoms with Crippen LogP contribution >= 0.6 is 11.6 Å². The molecule has 2 rings (SSSR count). The van der Waals surface area contributed by atoms with Crippen molar-refractivity contribution in [2.75, 3.05) is 33.4 Å². The van der Waals surface area contributed by atoms with E-state index in [1.807, 2.05) is 24.1 Å². The number of nitrogens with zero attached hydrogens (tertiary/aromatic N) is 2. The Morgan fingerprint density at radius 1 is 1.19 bits per heavy atom. The quantitative estimate of drug-likeness (QED) is 0.503. The van der Waals surface area contributed by atoms with E-state index in [1.165, 1.54) is 12.1 Å². The molecule has 0 bridgehead atoms. The number of aliphatic hydroxyl groups excluding tert-OH is 1. The number of ether oxygens (including phenoxy) is 2. The van der Waals surface area contributed by atoms with Crippen LogP contribution in [0.25, 0.3) is 0 Å². The van der Waals surface area contributed by atoms with Gasteiger partial charge in [0.1, 0.15) is 30.8 Å². The van der Waals surface area contributed by atoms with Crippen molar-refractivity contribution in [3.63, 3.8) is 0 Å². The number of likely N-dealkylation sites (N-methyl/N-ethyl adjacent to an activating group) is 1. The summed E-state index contributed by atoms with van der Waals surface area (Å²) >= 11 is 5.89. The summed E-state index contributed by atoms with van der Waals surface area (Å²) in [6.45, 7) is 1.49. The van der Waals surface area contributed by atoms with Gasteiger partial charge < -0.3 is 19.5 Å². The average molecular weight is 381 g/mol. The summed E-state index contributed by atoms with van der Waals surface area (Å²) in [6, 6.07) is 13.0. The van der Waals surface area contributed by atoms with Gasteiger partial charge in [-0.1, -0.05) is 23.7 Å². The molecule has 2 aromatic carbocycles. The number of hydrogen-bond donors (Lipinski definition) is 1. The summed E-state index contributed by atoms with van der Waals surface area (Å²) in [6.07, 6.45) is -0.731. The zero-order valence-corrected chi connectivity index (χ0v) is 15.1. The van der Waals surface area contributed by atoms with Crippen molar-refractivity contribution in [3.8, 4) is 11.5 Å². The van der Waals surface area contributed by atoms with Gasteiger partial charge in [-0.05, 0) is 31.3 Å². The van der Waals surface area contributed by atoms with Crippen LogP contribution in [0, 0.1) is 10.1 Å². The van der Waals surface area contributed by atoms with Gasteiger partial charge in [0.25, 0.3) is 5.69 Å². The average Bonchev–Trinajstić information content (AvgIpc) is 2.60. The van der Waals surface area contributed by atoms with Crippen molar-refractivity contribution in [3.05, 3.63) is 63.7 Å². The molecule has 1 unspecified atom stereocenters. The molecule has 2 aromatic rings. The highest BCUT2D eigenvalue weighted by Gasteiger charge is 2.11. The topological polar surface area (TPSA) is 85.1 Å². The first kappa shape index (κ1) is 20.0. The molecule has 0 saturated heterocycles. The second-order valence-electron chi connectivity index (χ2n) is 5.79. The normalized spacial score (nSPS) is 12.0. The first-order valence-electron chi connectivity index (χ1n) is 8.06. The lowest BCUT2D eigenvalue weighted by Crippen LogP contribution is -2.35. The molecule has 7 nitrogen and oxygen atoms in total. The number of nitro groups is 1. The van der Waals surface area contributed by atoms with Crippen LogP contribution in [0.1, 0.15) is 0 Å². The van der Waals surface area contributed by atoms with Crippen LogP contribution in [0.2, 0.25) is 5.02 Å². The summed E-state index contributed by atoms with van der Waals surface area (Å²) in [5.74, 6) is 1.05. The van der Waals surface area contributed by atoms with Crippen molar-refractivity contribution in [1.29, 1.82) is 0 Å². The highest BCUT2D eigenvalue weighted by Crippen LogP contribution is 2.19. The predicted molar refractivity (Wildman–Crippen MR) is 99.0 cm³/mol. The van der Waals surface area contributed by atoms with E-state index in [9.17, 15) is 15.2 Å². The van der Waals surface area contributed by atoms with Crippen LogP contribution in [0.15, 0.2) is 48.5 Å². The fourth-order valence-electron chi connectivity index (χ4n) is 2.26. The molecule has 8 heteroatoms. The molecule has 0 spiro atoms. The molecule has 0 radical (unpaired) electrons. The van der Waals surface area contributed by atoms with E-state index in [2.05, 4.69) is 0 Å². The summed E-state index contributed by atoms with van der Waals surface area (Å²) in [5, 5.41) is 21.4. The van der Waals surface area contributed by atoms with E-state index in [0.29, 0.717) is 36.2 Å². The minimum absolute atomic E-state index is 0.0423. The molecule has 0 aromatic heterocycles. The van der Waals surface area contributed by atoms with Crippen LogP contribution in [0.3, 0.4) is 0 Å². The monoisotopic (exact) mass is 380 g/mol. The number of halogens is 1. The number of rotatable bonds is 10. The number of hydrogen-bond acceptors (Lipinski definition) is 6. The Morgan fingerprint density at radius 2 is 1.88 bits per heavy atom. The van der Waals surface area contributed by atoms with E-state index in [4.69, 9.17) is 21.1 Å². The summed E-state index contributed by atoms with van der Waals surface area (Å²) < 4.78 is 11.0. The van der Waals surface area contributed by atoms with Crippen molar-refractivity contribution < 1.29 is 19.5 Å². The molecule has 0 aliphatic rings. The van der Waals surface area contributed by atoms with Gasteiger partial charge >= 0.3 is 0 Å². The Hall–Kier alpha value is -2.35. The second-order valence-corrected chi connectivity index (χ2v) is 6.22. The Bertz CT molecular complexity index is 728. The molecule has 0 aliphatic heterocycles. The molecule has 1 N–H and O–H groups in total. The van der Waals surface area contributed by atoms with E-state index >= 15 is 0 Å². The molecule has 140 valence electrons. The van der Waals surface area contributed by atoms with Gasteiger partial charge in [0.05, 0.1) is 11.0 Å². The van der Waals surface area contributed by atoms with E-state index in [-0.39, 0.29) is 12.3 Å². The maximum atomic E-state index is 10.7. The highest BCUT2D eigenvalue weighted by molar-refractivity contribution is 6.30. The van der Waals surface area contributed by atoms with Crippen LogP contribution in [0.4, 0.5) is 5.69 Å². The number of nitro benzene ring substituents is 1. The summed E-state index contributed by atoms with van der Waals surface area (Å²) in [4.78, 5) is 12.2. The smallest absolute Gasteiger partial charge is 0.273 e. The fraction of sp³-hybridized carbons (Fsp3) is 0.333. The Morgan fingerprint density at radius 3 is 2.58 bits per heavy atom. The standard InChI is InChI=1S/C18H21ClN2O5/c1-20(8-9-25-17-6-2-4-14(19)10-17)12-16(22)13-26-18-7-3-5-15(11-18)21(23)24/h2-7,10-11,16,22H,8-9,12-13H2,1H3. The van der Waals surface area contributed by atoms with Crippen LogP contribution < -0.4 is 9.47 Å². The summed E-state index contributed by atoms with van der Waals surface area (Å²) in [5.41, 5.74) is -0.0488. The third-order valence-electron chi connectivity index (χ3n) is 3.53. The number of aliphatic hydroxyl groups is 1. The van der Waals surface area contributed by atoms with Gasteiger partial charge in [-0.25, -0.2) is 0 Å². The zero-order chi connectivity index (χ0) is 18.9. The van der Waals surface area contributed by atoms with E-state index < -0.39 is 11.0 Å². The van der Waals surface area contributed by atoms with E-state index in [1.54, 1.807) is 24.3 Å². The van der Waals surface area contributed by atoms with Crippen molar-refractivity contribution >= 4 is 17.3 Å². The van der Waals surface area contributed by atoms with E-state index in [0.717, 1.165) is 0 Å². The van der Waals surface area contributed by atoms with Gasteiger partial charge in [0.2, 0.25) is 0 Å². The first-order chi connectivity index (χ1) is 12.4. The van der Waals surface area contributed by atoms with Gasteiger partial charge in [-0.2, -0.15) is 0 Å². The zero-order valence-electron chi connectivity index (χ0n) is 14.4. The molecule has 0 saturated carbocycles. The van der Waals surface area contributed by atoms with Crippen LogP contribution in [-0.4, -0.2) is 54.4 Å². The molecule has 1 atom stereocenters. The van der Waals surface area contributed by atoms with Gasteiger partial charge in [0, 0.05) is 24.2 Å². The van der Waals surface area contributed by atoms with Crippen molar-refractivity contribution in [2.24, 2.45) is 0 Å². The molecular weight excluding hydrogens is 360 g/mol. The van der Waals surface area contributed by atoms with Crippen LogP contribution in [-0.2, 0) is 0 Å². The molecular formula is C18H21ClN2O5. The SMILES string of the molecule is CN(CCOc1cccc(Cl)c1)CC(O)COc1cccc([N+](=O)[O-])c1. The molecule has 0 aliphatic carbocycles. The largest absolute Gasteiger partial charge is 0.492 e. The molecule has 0 amide bonds. The van der Waals surface area contributed by atoms with Crippen molar-refractivity contribution in [2.45, 2.75) is 6.10 Å². The van der Waals surface area contributed by atoms with Crippen LogP contribution in [0.5, 0.6) is 11.5 Å². The van der Waals surface area contributed by atoms with Gasteiger partial charge in [0.15, 0.2) is 0 Å². The Balaban J connectivity index is 1.69. The Kier molecular flexibility index (Phi) is 7.65. The maximum absolute atomic E-state index is 10.7. The highest BCUT2D eigenvalue weighted by atomic mass is 35.5. The lowest BCUT2D eigenvalue weighted by Gasteiger charge is -2.21. The maximum Gasteiger partial charge on any atom is 0.273 e. The number of benzene rings is 2. The predicted octanol–water partition coefficient (Wildman–Crippen LogP) is 3.00. The third kappa shape index (κ3) is 6.87. The molecule has 26 heavy (non-hydrogen) atoms. The third-order valence-corrected chi connectivity index (χ3v) is 3.77. The second kappa shape index (κ2) is 9.96. The molecule has 0 heterocycles. The first-order valence-corrected chi connectivity index (χ1v) is 8.44. The lowest BCUT2D eigenvalue weighted by molar-refractivity contribution is -0.384. The minimum atomic E-state index is -0.731. The van der Waals surface area contributed by atoms with Gasteiger partial charge in [-0.15, -0.1) is 0 Å². The summed E-state index contributed by atoms with van der Waals surface area (Å²) in [7, 11) is 1.86. The minimum Gasteiger partial charge on any atom is -0.492 e. The number of non-ortho nitro benzene ring substituents is 1. The van der Waals surface area contributed by atoms with Gasteiger partial charge in [-0.3, -0.25) is 10.1 Å². The Labute approximate surface area is 156 Å². The van der Waals surface area contributed by atoms with Crippen molar-refractivity contribution in [1.82, 2.24) is 4.90 Å². The molecule has 0 fully saturated rings. The fourth-order valence-corrected chi connectivity index (χ4v) is 2.44. The lowest BCUT2D eigenvalue weighted by atomic mass is 10.3.